The van der Waals surface area contributed by atoms with Gasteiger partial charge in [-0.05, 0) is 25.7 Å². The molecule has 0 rings (SSSR count). The molecule has 3 N–H and O–H groups in total. The average Bonchev–Trinajstić information content (AvgIpc) is 1.33. The van der Waals surface area contributed by atoms with Crippen LogP contribution >= 0.6 is 15.6 Å². The first kappa shape index (κ1) is 92.1. The van der Waals surface area contributed by atoms with Crippen molar-refractivity contribution in [3.05, 3.63) is 0 Å². The third kappa shape index (κ3) is 68.6. The summed E-state index contributed by atoms with van der Waals surface area (Å²) < 4.78 is 68.2. The molecular weight excluding hydrogens is 1230 g/mol. The quantitative estimate of drug-likeness (QED) is 0.0222. The lowest BCUT2D eigenvalue weighted by molar-refractivity contribution is -0.161. The molecule has 0 radical (unpaired) electrons. The number of ether oxygens (including phenoxy) is 4. The van der Waals surface area contributed by atoms with Crippen LogP contribution in [-0.4, -0.2) is 96.7 Å². The standard InChI is InChI=1S/C75H146O17P2/c1-5-9-13-17-21-24-26-28-30-32-33-34-35-36-38-40-42-44-46-50-54-58-62-75(80)92-71(66-86-73(78)60-56-52-49-45-43-41-39-37-31-29-27-25-22-18-14-10-6-2)68-90-94(83,84)88-64-69(76)63-87-93(81,82)89-67-70(65-85-72(77)59-55-51-47-20-16-12-8-4)91-74(79)61-57-53-48-23-19-15-11-7-3/h69-71,76H,5-68H2,1-4H3,(H,81,82)(H,83,84)/t69-,70+,71+/m0/s1. The first-order valence-corrected chi connectivity index (χ1v) is 42.3. The summed E-state index contributed by atoms with van der Waals surface area (Å²) in [5.74, 6) is -2.12. The lowest BCUT2D eigenvalue weighted by Crippen LogP contribution is -2.30. The summed E-state index contributed by atoms with van der Waals surface area (Å²) in [6.07, 6.45) is 60.1. The van der Waals surface area contributed by atoms with E-state index in [2.05, 4.69) is 27.7 Å². The topological polar surface area (TPSA) is 237 Å². The van der Waals surface area contributed by atoms with E-state index in [1.54, 1.807) is 0 Å². The first-order valence-electron chi connectivity index (χ1n) is 39.3. The molecule has 558 valence electrons. The van der Waals surface area contributed by atoms with Gasteiger partial charge in [-0.3, -0.25) is 37.3 Å². The highest BCUT2D eigenvalue weighted by Crippen LogP contribution is 2.45. The molecule has 5 atom stereocenters. The lowest BCUT2D eigenvalue weighted by atomic mass is 10.0. The molecule has 0 aliphatic carbocycles. The van der Waals surface area contributed by atoms with Gasteiger partial charge in [0.25, 0.3) is 0 Å². The maximum Gasteiger partial charge on any atom is 0.472 e. The number of rotatable bonds is 76. The fourth-order valence-corrected chi connectivity index (χ4v) is 13.2. The lowest BCUT2D eigenvalue weighted by Gasteiger charge is -2.21. The van der Waals surface area contributed by atoms with Crippen molar-refractivity contribution in [2.24, 2.45) is 0 Å². The number of esters is 4. The number of carbonyl (C=O) groups excluding carboxylic acids is 4. The molecule has 0 spiro atoms. The highest BCUT2D eigenvalue weighted by Gasteiger charge is 2.30. The van der Waals surface area contributed by atoms with Crippen molar-refractivity contribution in [1.82, 2.24) is 0 Å². The summed E-state index contributed by atoms with van der Waals surface area (Å²) in [6, 6.07) is 0. The van der Waals surface area contributed by atoms with Gasteiger partial charge in [0.15, 0.2) is 12.2 Å². The highest BCUT2D eigenvalue weighted by atomic mass is 31.2. The van der Waals surface area contributed by atoms with Crippen LogP contribution in [0.4, 0.5) is 0 Å². The van der Waals surface area contributed by atoms with E-state index in [1.165, 1.54) is 212 Å². The minimum absolute atomic E-state index is 0.105. The fraction of sp³-hybridized carbons (Fsp3) is 0.947. The second-order valence-electron chi connectivity index (χ2n) is 27.0. The van der Waals surface area contributed by atoms with Crippen molar-refractivity contribution in [2.75, 3.05) is 39.6 Å². The minimum atomic E-state index is -4.95. The zero-order valence-corrected chi connectivity index (χ0v) is 62.7. The van der Waals surface area contributed by atoms with Gasteiger partial charge >= 0.3 is 39.5 Å². The molecule has 0 aromatic rings. The highest BCUT2D eigenvalue weighted by molar-refractivity contribution is 7.47. The Morgan fingerprint density at radius 2 is 0.426 bits per heavy atom. The minimum Gasteiger partial charge on any atom is -0.462 e. The summed E-state index contributed by atoms with van der Waals surface area (Å²) in [7, 11) is -9.89. The number of unbranched alkanes of at least 4 members (excludes halogenated alkanes) is 50. The molecule has 0 aromatic carbocycles. The second-order valence-corrected chi connectivity index (χ2v) is 29.9. The fourth-order valence-electron chi connectivity index (χ4n) is 11.6. The Morgan fingerprint density at radius 1 is 0.255 bits per heavy atom. The van der Waals surface area contributed by atoms with Gasteiger partial charge in [-0.15, -0.1) is 0 Å². The Morgan fingerprint density at radius 3 is 0.628 bits per heavy atom. The van der Waals surface area contributed by atoms with Gasteiger partial charge in [0.1, 0.15) is 19.3 Å². The van der Waals surface area contributed by atoms with Crippen LogP contribution in [0, 0.1) is 0 Å². The second kappa shape index (κ2) is 69.5. The molecule has 19 heteroatoms. The Hall–Kier alpha value is -1.94. The zero-order chi connectivity index (χ0) is 69.0. The molecule has 0 fully saturated rings. The van der Waals surface area contributed by atoms with E-state index in [9.17, 15) is 43.2 Å². The van der Waals surface area contributed by atoms with Gasteiger partial charge in [-0.1, -0.05) is 349 Å². The molecule has 0 aromatic heterocycles. The number of phosphoric ester groups is 2. The first-order chi connectivity index (χ1) is 45.7. The number of hydrogen-bond acceptors (Lipinski definition) is 15. The normalized spacial score (nSPS) is 13.9. The van der Waals surface area contributed by atoms with E-state index in [0.29, 0.717) is 25.7 Å². The van der Waals surface area contributed by atoms with Crippen LogP contribution in [-0.2, 0) is 65.4 Å². The molecule has 0 bridgehead atoms. The van der Waals surface area contributed by atoms with Crippen molar-refractivity contribution >= 4 is 39.5 Å². The van der Waals surface area contributed by atoms with E-state index in [1.807, 2.05) is 0 Å². The van der Waals surface area contributed by atoms with Crippen LogP contribution in [0.1, 0.15) is 400 Å². The average molecular weight is 1380 g/mol. The summed E-state index contributed by atoms with van der Waals surface area (Å²) in [5, 5.41) is 10.6. The van der Waals surface area contributed by atoms with E-state index < -0.39 is 97.5 Å². The molecule has 0 heterocycles. The number of aliphatic hydroxyl groups excluding tert-OH is 1. The molecule has 0 saturated carbocycles. The Kier molecular flexibility index (Phi) is 68.1. The summed E-state index contributed by atoms with van der Waals surface area (Å²) in [6.45, 7) is 4.90. The molecular formula is C75H146O17P2. The van der Waals surface area contributed by atoms with Gasteiger partial charge < -0.3 is 33.8 Å². The number of phosphoric acid groups is 2. The van der Waals surface area contributed by atoms with Crippen molar-refractivity contribution in [3.8, 4) is 0 Å². The number of carbonyl (C=O) groups is 4. The monoisotopic (exact) mass is 1380 g/mol. The van der Waals surface area contributed by atoms with Gasteiger partial charge in [-0.25, -0.2) is 9.13 Å². The van der Waals surface area contributed by atoms with Crippen LogP contribution in [0.25, 0.3) is 0 Å². The predicted octanol–water partition coefficient (Wildman–Crippen LogP) is 22.2. The SMILES string of the molecule is CCCCCCCCCCCCCCCCCCCCCCCCC(=O)O[C@H](COC(=O)CCCCCCCCCCCCCCCCCCC)COP(=O)(O)OC[C@@H](O)COP(=O)(O)OC[C@@H](COC(=O)CCCCCCCCC)OC(=O)CCCCCCCCCC. The van der Waals surface area contributed by atoms with E-state index in [4.69, 9.17) is 37.0 Å². The van der Waals surface area contributed by atoms with E-state index in [0.717, 1.165) is 109 Å². The van der Waals surface area contributed by atoms with Crippen molar-refractivity contribution in [1.29, 1.82) is 0 Å². The Bertz CT molecular complexity index is 1790. The van der Waals surface area contributed by atoms with Crippen molar-refractivity contribution in [3.63, 3.8) is 0 Å². The number of aliphatic hydroxyl groups is 1. The molecule has 0 amide bonds. The molecule has 2 unspecified atom stereocenters. The van der Waals surface area contributed by atoms with Gasteiger partial charge in [-0.2, -0.15) is 0 Å². The smallest absolute Gasteiger partial charge is 0.462 e. The van der Waals surface area contributed by atoms with Crippen LogP contribution in [0.2, 0.25) is 0 Å². The summed E-state index contributed by atoms with van der Waals surface area (Å²) >= 11 is 0. The maximum absolute atomic E-state index is 13.1. The van der Waals surface area contributed by atoms with Gasteiger partial charge in [0.2, 0.25) is 0 Å². The molecule has 17 nitrogen and oxygen atoms in total. The van der Waals surface area contributed by atoms with Crippen LogP contribution in [0.5, 0.6) is 0 Å². The molecule has 94 heavy (non-hydrogen) atoms. The maximum atomic E-state index is 13.1. The largest absolute Gasteiger partial charge is 0.472 e. The van der Waals surface area contributed by atoms with E-state index in [-0.39, 0.29) is 25.7 Å². The van der Waals surface area contributed by atoms with Crippen molar-refractivity contribution < 1.29 is 80.2 Å². The Labute approximate surface area is 575 Å². The van der Waals surface area contributed by atoms with Crippen LogP contribution < -0.4 is 0 Å². The molecule has 0 saturated heterocycles. The Balaban J connectivity index is 5.11. The molecule has 0 aliphatic heterocycles. The van der Waals surface area contributed by atoms with E-state index >= 15 is 0 Å². The molecule has 0 aliphatic rings. The predicted molar refractivity (Wildman–Crippen MR) is 382 cm³/mol. The van der Waals surface area contributed by atoms with Crippen molar-refractivity contribution in [2.45, 2.75) is 418 Å². The number of hydrogen-bond donors (Lipinski definition) is 3. The van der Waals surface area contributed by atoms with Gasteiger partial charge in [0, 0.05) is 25.7 Å². The van der Waals surface area contributed by atoms with Crippen LogP contribution in [0.3, 0.4) is 0 Å². The zero-order valence-electron chi connectivity index (χ0n) is 60.9. The third-order valence-corrected chi connectivity index (χ3v) is 19.5. The van der Waals surface area contributed by atoms with Crippen LogP contribution in [0.15, 0.2) is 0 Å². The summed E-state index contributed by atoms with van der Waals surface area (Å²) in [5.41, 5.74) is 0. The summed E-state index contributed by atoms with van der Waals surface area (Å²) in [4.78, 5) is 72.5. The third-order valence-electron chi connectivity index (χ3n) is 17.6. The van der Waals surface area contributed by atoms with Gasteiger partial charge in [0.05, 0.1) is 26.4 Å².